The summed E-state index contributed by atoms with van der Waals surface area (Å²) in [5.74, 6) is 5.95. The third kappa shape index (κ3) is 2.34. The lowest BCUT2D eigenvalue weighted by molar-refractivity contribution is -0.143. The number of ether oxygens (including phenoxy) is 1. The van der Waals surface area contributed by atoms with E-state index in [2.05, 4.69) is 5.10 Å². The van der Waals surface area contributed by atoms with E-state index in [-0.39, 0.29) is 6.54 Å². The van der Waals surface area contributed by atoms with Gasteiger partial charge in [-0.2, -0.15) is 5.10 Å². The van der Waals surface area contributed by atoms with Gasteiger partial charge in [0, 0.05) is 19.0 Å². The Morgan fingerprint density at radius 3 is 2.73 bits per heavy atom. The molecule has 3 N–H and O–H groups in total. The van der Waals surface area contributed by atoms with Crippen LogP contribution in [-0.2, 0) is 24.8 Å². The predicted molar refractivity (Wildman–Crippen MR) is 78.7 cm³/mol. The lowest BCUT2D eigenvalue weighted by Gasteiger charge is -2.26. The SMILES string of the molecule is COc1ccc(Cc2nn(C)c3c2CN(N)C(=O)C3O)cc1. The Labute approximate surface area is 127 Å². The van der Waals surface area contributed by atoms with Gasteiger partial charge in [0.1, 0.15) is 5.75 Å². The summed E-state index contributed by atoms with van der Waals surface area (Å²) in [5.41, 5.74) is 3.21. The quantitative estimate of drug-likeness (QED) is 0.627. The number of aromatic nitrogens is 2. The maximum atomic E-state index is 11.8. The minimum Gasteiger partial charge on any atom is -0.497 e. The molecule has 3 rings (SSSR count). The van der Waals surface area contributed by atoms with E-state index in [1.165, 1.54) is 0 Å². The average molecular weight is 302 g/mol. The van der Waals surface area contributed by atoms with Gasteiger partial charge < -0.3 is 9.84 Å². The Morgan fingerprint density at radius 2 is 2.09 bits per heavy atom. The number of rotatable bonds is 3. The molecule has 1 amide bonds. The molecule has 0 saturated carbocycles. The van der Waals surface area contributed by atoms with Gasteiger partial charge in [-0.25, -0.2) is 5.84 Å². The Balaban J connectivity index is 1.94. The zero-order valence-electron chi connectivity index (χ0n) is 12.5. The number of hydrazine groups is 1. The van der Waals surface area contributed by atoms with Crippen LogP contribution in [0.15, 0.2) is 24.3 Å². The summed E-state index contributed by atoms with van der Waals surface area (Å²) in [6.07, 6.45) is -0.655. The van der Waals surface area contributed by atoms with Crippen LogP contribution in [0.4, 0.5) is 0 Å². The molecule has 0 aliphatic carbocycles. The molecule has 22 heavy (non-hydrogen) atoms. The van der Waals surface area contributed by atoms with Crippen molar-refractivity contribution >= 4 is 5.91 Å². The molecule has 0 spiro atoms. The summed E-state index contributed by atoms with van der Waals surface area (Å²) in [6.45, 7) is 0.255. The van der Waals surface area contributed by atoms with Crippen molar-refractivity contribution < 1.29 is 14.6 Å². The van der Waals surface area contributed by atoms with E-state index in [4.69, 9.17) is 10.6 Å². The van der Waals surface area contributed by atoms with Crippen molar-refractivity contribution in [1.82, 2.24) is 14.8 Å². The monoisotopic (exact) mass is 302 g/mol. The van der Waals surface area contributed by atoms with E-state index < -0.39 is 12.0 Å². The van der Waals surface area contributed by atoms with E-state index in [0.29, 0.717) is 12.1 Å². The van der Waals surface area contributed by atoms with Crippen LogP contribution < -0.4 is 10.6 Å². The second-order valence-electron chi connectivity index (χ2n) is 5.33. The van der Waals surface area contributed by atoms with Gasteiger partial charge in [0.25, 0.3) is 5.91 Å². The summed E-state index contributed by atoms with van der Waals surface area (Å²) in [5, 5.41) is 15.6. The molecule has 0 bridgehead atoms. The second kappa shape index (κ2) is 5.43. The molecule has 2 aromatic rings. The third-order valence-electron chi connectivity index (χ3n) is 3.91. The van der Waals surface area contributed by atoms with Crippen LogP contribution >= 0.6 is 0 Å². The smallest absolute Gasteiger partial charge is 0.271 e. The molecule has 0 radical (unpaired) electrons. The summed E-state index contributed by atoms with van der Waals surface area (Å²) >= 11 is 0. The first kappa shape index (κ1) is 14.6. The highest BCUT2D eigenvalue weighted by Gasteiger charge is 2.35. The number of nitrogens with two attached hydrogens (primary N) is 1. The largest absolute Gasteiger partial charge is 0.497 e. The highest BCUT2D eigenvalue weighted by Crippen LogP contribution is 2.29. The van der Waals surface area contributed by atoms with Crippen LogP contribution in [0.3, 0.4) is 0 Å². The molecule has 1 aromatic carbocycles. The predicted octanol–water partition coefficient (Wildman–Crippen LogP) is 0.269. The molecule has 0 fully saturated rings. The summed E-state index contributed by atoms with van der Waals surface area (Å²) in [6, 6.07) is 7.70. The number of benzene rings is 1. The van der Waals surface area contributed by atoms with Crippen LogP contribution in [0.2, 0.25) is 0 Å². The van der Waals surface area contributed by atoms with Gasteiger partial charge in [0.2, 0.25) is 0 Å². The third-order valence-corrected chi connectivity index (χ3v) is 3.91. The number of hydrogen-bond donors (Lipinski definition) is 2. The Morgan fingerprint density at radius 1 is 1.41 bits per heavy atom. The van der Waals surface area contributed by atoms with Gasteiger partial charge in [0.05, 0.1) is 25.0 Å². The van der Waals surface area contributed by atoms with Crippen LogP contribution in [0.25, 0.3) is 0 Å². The van der Waals surface area contributed by atoms with E-state index in [1.54, 1.807) is 18.8 Å². The molecule has 2 heterocycles. The molecule has 7 nitrogen and oxygen atoms in total. The first-order valence-corrected chi connectivity index (χ1v) is 6.93. The molecule has 1 atom stereocenters. The molecule has 1 unspecified atom stereocenters. The van der Waals surface area contributed by atoms with Gasteiger partial charge in [0.15, 0.2) is 6.10 Å². The Bertz CT molecular complexity index is 708. The standard InChI is InChI=1S/C15H18N4O3/c1-18-13-11(8-19(16)15(21)14(13)20)12(17-18)7-9-3-5-10(22-2)6-4-9/h3-6,14,20H,7-8,16H2,1-2H3. The average Bonchev–Trinajstić information content (AvgIpc) is 2.81. The molecular formula is C15H18N4O3. The van der Waals surface area contributed by atoms with Crippen molar-refractivity contribution in [1.29, 1.82) is 0 Å². The minimum atomic E-state index is -1.25. The van der Waals surface area contributed by atoms with Gasteiger partial charge in [-0.3, -0.25) is 14.5 Å². The summed E-state index contributed by atoms with van der Waals surface area (Å²) in [7, 11) is 3.34. The summed E-state index contributed by atoms with van der Waals surface area (Å²) in [4.78, 5) is 11.8. The number of methoxy groups -OCH3 is 1. The first-order valence-electron chi connectivity index (χ1n) is 6.93. The molecule has 1 aromatic heterocycles. The van der Waals surface area contributed by atoms with E-state index in [0.717, 1.165) is 27.6 Å². The van der Waals surface area contributed by atoms with E-state index >= 15 is 0 Å². The van der Waals surface area contributed by atoms with Crippen LogP contribution in [0, 0.1) is 0 Å². The number of fused-ring (bicyclic) bond motifs is 1. The van der Waals surface area contributed by atoms with E-state index in [1.807, 2.05) is 24.3 Å². The lowest BCUT2D eigenvalue weighted by atomic mass is 10.00. The zero-order chi connectivity index (χ0) is 15.9. The van der Waals surface area contributed by atoms with Crippen LogP contribution in [0.5, 0.6) is 5.75 Å². The van der Waals surface area contributed by atoms with Crippen molar-refractivity contribution in [2.75, 3.05) is 7.11 Å². The van der Waals surface area contributed by atoms with Crippen molar-refractivity contribution in [2.24, 2.45) is 12.9 Å². The molecular weight excluding hydrogens is 284 g/mol. The molecule has 7 heteroatoms. The van der Waals surface area contributed by atoms with Crippen molar-refractivity contribution in [3.05, 3.63) is 46.8 Å². The van der Waals surface area contributed by atoms with E-state index in [9.17, 15) is 9.90 Å². The Hall–Kier alpha value is -2.38. The van der Waals surface area contributed by atoms with Crippen molar-refractivity contribution in [3.63, 3.8) is 0 Å². The first-order chi connectivity index (χ1) is 10.5. The Kier molecular flexibility index (Phi) is 3.59. The summed E-state index contributed by atoms with van der Waals surface area (Å²) < 4.78 is 6.70. The molecule has 116 valence electrons. The maximum absolute atomic E-state index is 11.8. The highest BCUT2D eigenvalue weighted by atomic mass is 16.5. The number of amides is 1. The number of carbonyl (C=O) groups is 1. The second-order valence-corrected chi connectivity index (χ2v) is 5.33. The maximum Gasteiger partial charge on any atom is 0.271 e. The number of carbonyl (C=O) groups excluding carboxylic acids is 1. The number of aryl methyl sites for hydroxylation is 1. The fourth-order valence-corrected chi connectivity index (χ4v) is 2.75. The van der Waals surface area contributed by atoms with Gasteiger partial charge in [-0.05, 0) is 17.7 Å². The number of aliphatic hydroxyl groups is 1. The van der Waals surface area contributed by atoms with Gasteiger partial charge >= 0.3 is 0 Å². The lowest BCUT2D eigenvalue weighted by Crippen LogP contribution is -2.44. The number of aliphatic hydroxyl groups excluding tert-OH is 1. The minimum absolute atomic E-state index is 0.255. The number of hydrogen-bond acceptors (Lipinski definition) is 5. The molecule has 1 aliphatic rings. The van der Waals surface area contributed by atoms with Crippen molar-refractivity contribution in [3.8, 4) is 5.75 Å². The fourth-order valence-electron chi connectivity index (χ4n) is 2.75. The number of nitrogens with zero attached hydrogens (tertiary/aromatic N) is 3. The normalized spacial score (nSPS) is 17.5. The van der Waals surface area contributed by atoms with Gasteiger partial charge in [-0.1, -0.05) is 12.1 Å². The fraction of sp³-hybridized carbons (Fsp3) is 0.333. The molecule has 0 saturated heterocycles. The highest BCUT2D eigenvalue weighted by molar-refractivity contribution is 5.83. The van der Waals surface area contributed by atoms with Crippen LogP contribution in [0.1, 0.15) is 28.6 Å². The van der Waals surface area contributed by atoms with Crippen molar-refractivity contribution in [2.45, 2.75) is 19.1 Å². The molecule has 1 aliphatic heterocycles. The van der Waals surface area contributed by atoms with Gasteiger partial charge in [-0.15, -0.1) is 0 Å². The zero-order valence-corrected chi connectivity index (χ0v) is 12.5. The topological polar surface area (TPSA) is 93.6 Å². The van der Waals surface area contributed by atoms with Crippen LogP contribution in [-0.4, -0.2) is 32.9 Å².